The molecule has 1 rings (SSSR count). The van der Waals surface area contributed by atoms with Crippen LogP contribution in [0.1, 0.15) is 25.6 Å². The Labute approximate surface area is 96.3 Å². The van der Waals surface area contributed by atoms with Gasteiger partial charge in [-0.05, 0) is 19.1 Å². The van der Waals surface area contributed by atoms with Crippen molar-refractivity contribution in [2.45, 2.75) is 19.9 Å². The van der Waals surface area contributed by atoms with Crippen LogP contribution >= 0.6 is 0 Å². The van der Waals surface area contributed by atoms with Gasteiger partial charge in [-0.15, -0.1) is 0 Å². The molecule has 0 spiro atoms. The summed E-state index contributed by atoms with van der Waals surface area (Å²) in [6, 6.07) is 5.88. The van der Waals surface area contributed by atoms with Crippen LogP contribution in [0.5, 0.6) is 0 Å². The van der Waals surface area contributed by atoms with Gasteiger partial charge in [-0.3, -0.25) is 4.98 Å². The molecule has 1 heterocycles. The van der Waals surface area contributed by atoms with Crippen molar-refractivity contribution in [2.75, 3.05) is 19.8 Å². The lowest BCUT2D eigenvalue weighted by Gasteiger charge is -2.27. The lowest BCUT2D eigenvalue weighted by atomic mass is 9.92. The van der Waals surface area contributed by atoms with E-state index in [2.05, 4.69) is 10.3 Å². The molecule has 90 valence electrons. The third kappa shape index (κ3) is 3.56. The molecule has 1 atom stereocenters. The van der Waals surface area contributed by atoms with Crippen LogP contribution in [0.4, 0.5) is 0 Å². The van der Waals surface area contributed by atoms with Gasteiger partial charge < -0.3 is 15.5 Å². The monoisotopic (exact) mass is 224 g/mol. The molecule has 1 aromatic heterocycles. The molecule has 0 aliphatic rings. The third-order valence-corrected chi connectivity index (χ3v) is 2.73. The largest absolute Gasteiger partial charge is 0.396 e. The highest BCUT2D eigenvalue weighted by Crippen LogP contribution is 2.15. The predicted molar refractivity (Wildman–Crippen MR) is 62.9 cm³/mol. The van der Waals surface area contributed by atoms with Gasteiger partial charge in [0, 0.05) is 24.2 Å². The first-order valence-electron chi connectivity index (χ1n) is 5.47. The van der Waals surface area contributed by atoms with E-state index >= 15 is 0 Å². The minimum absolute atomic E-state index is 0.0363. The number of pyridine rings is 1. The maximum absolute atomic E-state index is 9.15. The van der Waals surface area contributed by atoms with E-state index in [1.807, 2.05) is 32.0 Å². The molecular formula is C12H20N2O2. The summed E-state index contributed by atoms with van der Waals surface area (Å²) in [5.74, 6) is 0. The van der Waals surface area contributed by atoms with Gasteiger partial charge in [0.05, 0.1) is 18.9 Å². The number of hydrogen-bond donors (Lipinski definition) is 3. The minimum atomic E-state index is -0.483. The molecule has 0 saturated carbocycles. The Morgan fingerprint density at radius 3 is 2.56 bits per heavy atom. The fraction of sp³-hybridized carbons (Fsp3) is 0.583. The van der Waals surface area contributed by atoms with Crippen LogP contribution in [0.15, 0.2) is 24.4 Å². The summed E-state index contributed by atoms with van der Waals surface area (Å²) < 4.78 is 0. The summed E-state index contributed by atoms with van der Waals surface area (Å²) in [6.45, 7) is 4.33. The van der Waals surface area contributed by atoms with Crippen molar-refractivity contribution in [1.82, 2.24) is 10.3 Å². The maximum Gasteiger partial charge on any atom is 0.0570 e. The van der Waals surface area contributed by atoms with Crippen molar-refractivity contribution in [1.29, 1.82) is 0 Å². The highest BCUT2D eigenvalue weighted by atomic mass is 16.3. The first-order valence-corrected chi connectivity index (χ1v) is 5.47. The number of aromatic nitrogens is 1. The Morgan fingerprint density at radius 2 is 2.06 bits per heavy atom. The Balaban J connectivity index is 2.50. The van der Waals surface area contributed by atoms with Gasteiger partial charge in [-0.2, -0.15) is 0 Å². The van der Waals surface area contributed by atoms with Gasteiger partial charge in [-0.1, -0.05) is 13.0 Å². The van der Waals surface area contributed by atoms with Crippen molar-refractivity contribution in [3.63, 3.8) is 0 Å². The van der Waals surface area contributed by atoms with Gasteiger partial charge in [0.25, 0.3) is 0 Å². The second-order valence-electron chi connectivity index (χ2n) is 4.48. The van der Waals surface area contributed by atoms with Gasteiger partial charge >= 0.3 is 0 Å². The Morgan fingerprint density at radius 1 is 1.38 bits per heavy atom. The van der Waals surface area contributed by atoms with Crippen molar-refractivity contribution in [3.05, 3.63) is 30.1 Å². The van der Waals surface area contributed by atoms with E-state index < -0.39 is 5.41 Å². The molecule has 16 heavy (non-hydrogen) atoms. The Kier molecular flexibility index (Phi) is 4.86. The molecule has 0 radical (unpaired) electrons. The fourth-order valence-corrected chi connectivity index (χ4v) is 1.30. The molecule has 0 aliphatic heterocycles. The Bertz CT molecular complexity index is 299. The topological polar surface area (TPSA) is 65.4 Å². The Hall–Kier alpha value is -0.970. The first-order chi connectivity index (χ1) is 7.61. The molecule has 0 aromatic carbocycles. The number of aliphatic hydroxyl groups is 2. The second kappa shape index (κ2) is 5.94. The van der Waals surface area contributed by atoms with E-state index in [1.165, 1.54) is 0 Å². The molecule has 4 nitrogen and oxygen atoms in total. The van der Waals surface area contributed by atoms with Crippen LogP contribution in [-0.4, -0.2) is 35.0 Å². The molecular weight excluding hydrogens is 204 g/mol. The van der Waals surface area contributed by atoms with Crippen LogP contribution in [-0.2, 0) is 0 Å². The van der Waals surface area contributed by atoms with Crippen LogP contribution in [0.25, 0.3) is 0 Å². The third-order valence-electron chi connectivity index (χ3n) is 2.73. The van der Waals surface area contributed by atoms with Crippen molar-refractivity contribution in [3.8, 4) is 0 Å². The molecule has 0 amide bonds. The molecule has 0 fully saturated rings. The number of nitrogens with zero attached hydrogens (tertiary/aromatic N) is 1. The quantitative estimate of drug-likeness (QED) is 0.666. The summed E-state index contributed by atoms with van der Waals surface area (Å²) in [5, 5.41) is 21.6. The van der Waals surface area contributed by atoms with Crippen LogP contribution < -0.4 is 5.32 Å². The summed E-state index contributed by atoms with van der Waals surface area (Å²) in [5.41, 5.74) is 0.476. The van der Waals surface area contributed by atoms with E-state index in [-0.39, 0.29) is 19.3 Å². The van der Waals surface area contributed by atoms with Gasteiger partial charge in [0.15, 0.2) is 0 Å². The van der Waals surface area contributed by atoms with E-state index in [1.54, 1.807) is 6.20 Å². The molecule has 0 aliphatic carbocycles. The predicted octanol–water partition coefficient (Wildman–Crippen LogP) is 0.723. The highest BCUT2D eigenvalue weighted by Gasteiger charge is 2.23. The summed E-state index contributed by atoms with van der Waals surface area (Å²) in [4.78, 5) is 4.24. The lowest BCUT2D eigenvalue weighted by molar-refractivity contribution is 0.0676. The van der Waals surface area contributed by atoms with Crippen molar-refractivity contribution in [2.24, 2.45) is 5.41 Å². The van der Waals surface area contributed by atoms with Crippen LogP contribution in [0.3, 0.4) is 0 Å². The van der Waals surface area contributed by atoms with Crippen LogP contribution in [0.2, 0.25) is 0 Å². The second-order valence-corrected chi connectivity index (χ2v) is 4.48. The number of rotatable bonds is 6. The molecule has 4 heteroatoms. The van der Waals surface area contributed by atoms with Gasteiger partial charge in [-0.25, -0.2) is 0 Å². The number of nitrogens with one attached hydrogen (secondary N) is 1. The van der Waals surface area contributed by atoms with E-state index in [0.29, 0.717) is 6.54 Å². The average Bonchev–Trinajstić information content (AvgIpc) is 2.36. The van der Waals surface area contributed by atoms with Crippen molar-refractivity contribution < 1.29 is 10.2 Å². The fourth-order valence-electron chi connectivity index (χ4n) is 1.30. The lowest BCUT2D eigenvalue weighted by Crippen LogP contribution is -2.39. The molecule has 1 unspecified atom stereocenters. The van der Waals surface area contributed by atoms with Crippen LogP contribution in [0, 0.1) is 5.41 Å². The summed E-state index contributed by atoms with van der Waals surface area (Å²) in [6.07, 6.45) is 1.75. The zero-order valence-electron chi connectivity index (χ0n) is 9.85. The van der Waals surface area contributed by atoms with Crippen molar-refractivity contribution >= 4 is 0 Å². The zero-order valence-corrected chi connectivity index (χ0v) is 9.85. The molecule has 0 saturated heterocycles. The molecule has 0 bridgehead atoms. The minimum Gasteiger partial charge on any atom is -0.396 e. The van der Waals surface area contributed by atoms with E-state index in [9.17, 15) is 0 Å². The smallest absolute Gasteiger partial charge is 0.0570 e. The van der Waals surface area contributed by atoms with E-state index in [4.69, 9.17) is 10.2 Å². The highest BCUT2D eigenvalue weighted by molar-refractivity contribution is 5.07. The zero-order chi connectivity index (χ0) is 12.0. The summed E-state index contributed by atoms with van der Waals surface area (Å²) >= 11 is 0. The first kappa shape index (κ1) is 13.1. The SMILES string of the molecule is CC(NCC(C)(CO)CO)c1ccccn1. The number of aliphatic hydroxyl groups excluding tert-OH is 2. The number of hydrogen-bond acceptors (Lipinski definition) is 4. The van der Waals surface area contributed by atoms with Gasteiger partial charge in [0.2, 0.25) is 0 Å². The maximum atomic E-state index is 9.15. The van der Waals surface area contributed by atoms with E-state index in [0.717, 1.165) is 5.69 Å². The summed E-state index contributed by atoms with van der Waals surface area (Å²) in [7, 11) is 0. The normalized spacial score (nSPS) is 13.8. The standard InChI is InChI=1S/C12H20N2O2/c1-10(11-5-3-4-6-13-11)14-7-12(2,8-15)9-16/h3-6,10,14-16H,7-9H2,1-2H3. The molecule has 1 aromatic rings. The average molecular weight is 224 g/mol. The van der Waals surface area contributed by atoms with Gasteiger partial charge in [0.1, 0.15) is 0 Å². The molecule has 3 N–H and O–H groups in total.